The van der Waals surface area contributed by atoms with Crippen LogP contribution in [0.5, 0.6) is 5.75 Å². The molecule has 0 aliphatic carbocycles. The topological polar surface area (TPSA) is 83.4 Å². The van der Waals surface area contributed by atoms with E-state index in [1.54, 1.807) is 37.0 Å². The molecule has 5 rings (SSSR count). The summed E-state index contributed by atoms with van der Waals surface area (Å²) in [7, 11) is 1.62. The summed E-state index contributed by atoms with van der Waals surface area (Å²) in [6.45, 7) is 13.7. The lowest BCUT2D eigenvalue weighted by Gasteiger charge is -2.31. The number of methoxy groups -OCH3 is 1. The molecule has 5 aromatic rings. The zero-order valence-corrected chi connectivity index (χ0v) is 28.5. The third-order valence-corrected chi connectivity index (χ3v) is 8.50. The number of hydrogen-bond acceptors (Lipinski definition) is 8. The predicted molar refractivity (Wildman–Crippen MR) is 182 cm³/mol. The molecule has 0 spiro atoms. The van der Waals surface area contributed by atoms with E-state index in [1.165, 1.54) is 0 Å². The fourth-order valence-corrected chi connectivity index (χ4v) is 6.26. The highest BCUT2D eigenvalue weighted by molar-refractivity contribution is 7.22. The Bertz CT molecular complexity index is 1840. The summed E-state index contributed by atoms with van der Waals surface area (Å²) in [5.41, 5.74) is 6.18. The molecule has 7 nitrogen and oxygen atoms in total. The highest BCUT2D eigenvalue weighted by Crippen LogP contribution is 2.44. The van der Waals surface area contributed by atoms with Crippen molar-refractivity contribution in [2.24, 2.45) is 5.41 Å². The van der Waals surface area contributed by atoms with Crippen LogP contribution in [0.25, 0.3) is 43.2 Å². The van der Waals surface area contributed by atoms with Gasteiger partial charge in [0.1, 0.15) is 23.5 Å². The number of nitrogens with zero attached hydrogens (tertiary/aromatic N) is 3. The molecule has 9 heteroatoms. The molecule has 3 heterocycles. The van der Waals surface area contributed by atoms with E-state index in [9.17, 15) is 4.79 Å². The van der Waals surface area contributed by atoms with E-state index in [0.29, 0.717) is 10.8 Å². The largest absolute Gasteiger partial charge is 0.495 e. The molecule has 2 aromatic carbocycles. The molecular weight excluding hydrogens is 606 g/mol. The summed E-state index contributed by atoms with van der Waals surface area (Å²) in [4.78, 5) is 26.8. The Hall–Kier alpha value is -3.85. The molecule has 45 heavy (non-hydrogen) atoms. The van der Waals surface area contributed by atoms with Gasteiger partial charge in [-0.2, -0.15) is 0 Å². The summed E-state index contributed by atoms with van der Waals surface area (Å²) in [6, 6.07) is 15.8. The zero-order chi connectivity index (χ0) is 32.5. The number of halogens is 1. The first-order chi connectivity index (χ1) is 21.2. The van der Waals surface area contributed by atoms with E-state index in [1.807, 2.05) is 84.0 Å². The molecule has 0 radical (unpaired) electrons. The first-order valence-corrected chi connectivity index (χ1v) is 15.9. The fourth-order valence-electron chi connectivity index (χ4n) is 5.02. The van der Waals surface area contributed by atoms with Crippen molar-refractivity contribution in [2.75, 3.05) is 13.7 Å². The molecule has 1 atom stereocenters. The van der Waals surface area contributed by atoms with Crippen molar-refractivity contribution in [2.45, 2.75) is 60.2 Å². The number of ether oxygens (including phenoxy) is 3. The second kappa shape index (κ2) is 12.9. The van der Waals surface area contributed by atoms with Crippen molar-refractivity contribution in [3.63, 3.8) is 0 Å². The summed E-state index contributed by atoms with van der Waals surface area (Å²) < 4.78 is 18.9. The molecular formula is C36H38ClN3O4S. The van der Waals surface area contributed by atoms with Crippen LogP contribution < -0.4 is 4.74 Å². The Morgan fingerprint density at radius 1 is 0.956 bits per heavy atom. The monoisotopic (exact) mass is 643 g/mol. The van der Waals surface area contributed by atoms with Gasteiger partial charge < -0.3 is 14.2 Å². The Morgan fingerprint density at radius 3 is 2.36 bits per heavy atom. The third-order valence-electron chi connectivity index (χ3n) is 7.11. The van der Waals surface area contributed by atoms with Crippen molar-refractivity contribution in [1.29, 1.82) is 0 Å². The SMILES string of the molecule is COc1cncc(-c2cc(-c3nc4cc(C)c([C@@H](COC(=O)C(C)(C)C)OC(C)(C)C)c(-c5ccc(Cl)cc5)c4s3)ccn2)c1. The second-order valence-electron chi connectivity index (χ2n) is 13.0. The quantitative estimate of drug-likeness (QED) is 0.156. The van der Waals surface area contributed by atoms with Crippen molar-refractivity contribution in [1.82, 2.24) is 15.0 Å². The number of aryl methyl sites for hydroxylation is 1. The normalized spacial score (nSPS) is 12.7. The summed E-state index contributed by atoms with van der Waals surface area (Å²) >= 11 is 7.92. The lowest BCUT2D eigenvalue weighted by molar-refractivity contribution is -0.162. The van der Waals surface area contributed by atoms with Crippen molar-refractivity contribution in [3.05, 3.63) is 83.3 Å². The van der Waals surface area contributed by atoms with Crippen molar-refractivity contribution < 1.29 is 19.0 Å². The van der Waals surface area contributed by atoms with Crippen LogP contribution in [0.3, 0.4) is 0 Å². The number of rotatable bonds is 8. The molecule has 0 saturated carbocycles. The number of aromatic nitrogens is 3. The van der Waals surface area contributed by atoms with Gasteiger partial charge in [-0.15, -0.1) is 11.3 Å². The molecule has 0 aliphatic heterocycles. The summed E-state index contributed by atoms with van der Waals surface area (Å²) in [5.74, 6) is 0.382. The van der Waals surface area contributed by atoms with Crippen LogP contribution in [-0.4, -0.2) is 40.2 Å². The van der Waals surface area contributed by atoms with Crippen LogP contribution >= 0.6 is 22.9 Å². The molecule has 0 amide bonds. The number of esters is 1. The van der Waals surface area contributed by atoms with Gasteiger partial charge in [-0.3, -0.25) is 14.8 Å². The minimum atomic E-state index is -0.638. The van der Waals surface area contributed by atoms with E-state index in [0.717, 1.165) is 54.3 Å². The van der Waals surface area contributed by atoms with Crippen LogP contribution in [0.2, 0.25) is 5.02 Å². The Balaban J connectivity index is 1.68. The van der Waals surface area contributed by atoms with E-state index < -0.39 is 17.1 Å². The average Bonchev–Trinajstić information content (AvgIpc) is 3.41. The molecule has 0 bridgehead atoms. The molecule has 0 aliphatic rings. The maximum Gasteiger partial charge on any atom is 0.311 e. The van der Waals surface area contributed by atoms with E-state index in [2.05, 4.69) is 23.0 Å². The molecule has 234 valence electrons. The minimum absolute atomic E-state index is 0.0776. The third kappa shape index (κ3) is 7.52. The van der Waals surface area contributed by atoms with Gasteiger partial charge in [0.05, 0.1) is 40.2 Å². The first kappa shape index (κ1) is 32.5. The molecule has 0 fully saturated rings. The van der Waals surface area contributed by atoms with Crippen LogP contribution in [0, 0.1) is 12.3 Å². The fraction of sp³-hybridized carbons (Fsp3) is 0.333. The number of carbonyl (C=O) groups excluding carboxylic acids is 1. The van der Waals surface area contributed by atoms with Crippen LogP contribution in [0.4, 0.5) is 0 Å². The second-order valence-corrected chi connectivity index (χ2v) is 14.4. The first-order valence-electron chi connectivity index (χ1n) is 14.7. The highest BCUT2D eigenvalue weighted by atomic mass is 35.5. The van der Waals surface area contributed by atoms with Gasteiger partial charge in [-0.05, 0) is 102 Å². The van der Waals surface area contributed by atoms with Gasteiger partial charge in [0.2, 0.25) is 0 Å². The van der Waals surface area contributed by atoms with E-state index >= 15 is 0 Å². The van der Waals surface area contributed by atoms with Crippen LogP contribution in [0.15, 0.2) is 67.1 Å². The molecule has 3 aromatic heterocycles. The number of carbonyl (C=O) groups is 1. The summed E-state index contributed by atoms with van der Waals surface area (Å²) in [6.07, 6.45) is 4.69. The summed E-state index contributed by atoms with van der Waals surface area (Å²) in [5, 5.41) is 1.50. The standard InChI is InChI=1S/C36H38ClN3O4S/c1-21-15-28-32(45-33(40-28)23-13-14-39-27(17-23)24-16-26(42-8)19-38-18-24)31(22-9-11-25(37)12-10-22)30(21)29(44-36(5,6)7)20-43-34(41)35(2,3)4/h9-19,29H,20H2,1-8H3/t29-/m1/s1. The minimum Gasteiger partial charge on any atom is -0.495 e. The number of benzene rings is 2. The lowest BCUT2D eigenvalue weighted by Crippen LogP contribution is -2.30. The van der Waals surface area contributed by atoms with Gasteiger partial charge in [-0.25, -0.2) is 4.98 Å². The number of hydrogen-bond donors (Lipinski definition) is 0. The van der Waals surface area contributed by atoms with E-state index in [-0.39, 0.29) is 12.6 Å². The molecule has 0 N–H and O–H groups in total. The number of thiazole rings is 1. The zero-order valence-electron chi connectivity index (χ0n) is 26.9. The Morgan fingerprint density at radius 2 is 1.69 bits per heavy atom. The predicted octanol–water partition coefficient (Wildman–Crippen LogP) is 9.50. The Kier molecular flexibility index (Phi) is 9.31. The molecule has 0 saturated heterocycles. The van der Waals surface area contributed by atoms with E-state index in [4.69, 9.17) is 30.8 Å². The van der Waals surface area contributed by atoms with Gasteiger partial charge in [-0.1, -0.05) is 23.7 Å². The average molecular weight is 644 g/mol. The van der Waals surface area contributed by atoms with Crippen molar-refractivity contribution in [3.8, 4) is 38.7 Å². The van der Waals surface area contributed by atoms with Gasteiger partial charge in [0.25, 0.3) is 0 Å². The van der Waals surface area contributed by atoms with Gasteiger partial charge in [0.15, 0.2) is 0 Å². The lowest BCUT2D eigenvalue weighted by atomic mass is 9.91. The number of fused-ring (bicyclic) bond motifs is 1. The highest BCUT2D eigenvalue weighted by Gasteiger charge is 2.31. The van der Waals surface area contributed by atoms with Gasteiger partial charge >= 0.3 is 5.97 Å². The van der Waals surface area contributed by atoms with Crippen LogP contribution in [-0.2, 0) is 14.3 Å². The smallest absolute Gasteiger partial charge is 0.311 e. The van der Waals surface area contributed by atoms with Gasteiger partial charge in [0, 0.05) is 34.1 Å². The van der Waals surface area contributed by atoms with Crippen LogP contribution in [0.1, 0.15) is 58.8 Å². The number of pyridine rings is 2. The Labute approximate surface area is 273 Å². The maximum atomic E-state index is 12.9. The molecule has 0 unspecified atom stereocenters. The van der Waals surface area contributed by atoms with Crippen molar-refractivity contribution >= 4 is 39.1 Å². The maximum absolute atomic E-state index is 12.9.